The third-order valence-corrected chi connectivity index (χ3v) is 6.25. The van der Waals surface area contributed by atoms with E-state index in [1.807, 2.05) is 48.9 Å². The molecule has 0 bridgehead atoms. The van der Waals surface area contributed by atoms with Crippen LogP contribution in [-0.4, -0.2) is 51.0 Å². The van der Waals surface area contributed by atoms with Gasteiger partial charge in [-0.15, -0.1) is 0 Å². The lowest BCUT2D eigenvalue weighted by Gasteiger charge is -2.23. The number of imide groups is 1. The highest BCUT2D eigenvalue weighted by Crippen LogP contribution is 2.29. The zero-order valence-electron chi connectivity index (χ0n) is 19.5. The number of likely N-dealkylation sites (N-methyl/N-ethyl adjacent to an activating group) is 1. The molecule has 34 heavy (non-hydrogen) atoms. The molecule has 1 atom stereocenters. The van der Waals surface area contributed by atoms with E-state index in [1.165, 1.54) is 29.2 Å². The molecule has 4 rings (SSSR count). The largest absolute Gasteiger partial charge is 0.340 e. The van der Waals surface area contributed by atoms with Gasteiger partial charge in [0.1, 0.15) is 17.9 Å². The van der Waals surface area contributed by atoms with Gasteiger partial charge in [-0.25, -0.2) is 13.9 Å². The molecule has 1 saturated heterocycles. The predicted octanol–water partition coefficient (Wildman–Crippen LogP) is 3.05. The van der Waals surface area contributed by atoms with Gasteiger partial charge in [-0.1, -0.05) is 30.3 Å². The Balaban J connectivity index is 1.48. The van der Waals surface area contributed by atoms with Gasteiger partial charge in [0.25, 0.3) is 5.91 Å². The van der Waals surface area contributed by atoms with Gasteiger partial charge in [0, 0.05) is 24.8 Å². The van der Waals surface area contributed by atoms with E-state index in [1.54, 1.807) is 14.0 Å². The summed E-state index contributed by atoms with van der Waals surface area (Å²) in [4.78, 5) is 41.0. The molecule has 0 radical (unpaired) electrons. The van der Waals surface area contributed by atoms with Crippen LogP contribution in [0.3, 0.4) is 0 Å². The lowest BCUT2D eigenvalue weighted by Crippen LogP contribution is -2.43. The van der Waals surface area contributed by atoms with Crippen LogP contribution in [0, 0.1) is 19.7 Å². The molecule has 9 heteroatoms. The van der Waals surface area contributed by atoms with Crippen LogP contribution in [0.2, 0.25) is 0 Å². The first-order chi connectivity index (χ1) is 16.1. The third kappa shape index (κ3) is 4.05. The van der Waals surface area contributed by atoms with Gasteiger partial charge in [-0.2, -0.15) is 5.10 Å². The summed E-state index contributed by atoms with van der Waals surface area (Å²) in [6.07, 6.45) is 0. The van der Waals surface area contributed by atoms with E-state index in [-0.39, 0.29) is 6.54 Å². The maximum Gasteiger partial charge on any atom is 0.325 e. The summed E-state index contributed by atoms with van der Waals surface area (Å²) in [6.45, 7) is 5.24. The fourth-order valence-electron chi connectivity index (χ4n) is 4.13. The smallest absolute Gasteiger partial charge is 0.325 e. The van der Waals surface area contributed by atoms with Crippen molar-refractivity contribution in [1.82, 2.24) is 24.9 Å². The number of aromatic nitrogens is 2. The number of urea groups is 1. The molecule has 1 aliphatic heterocycles. The van der Waals surface area contributed by atoms with Gasteiger partial charge >= 0.3 is 6.03 Å². The molecule has 2 heterocycles. The molecule has 4 amide bonds. The van der Waals surface area contributed by atoms with Crippen LogP contribution in [0.4, 0.5) is 9.18 Å². The highest BCUT2D eigenvalue weighted by molar-refractivity contribution is 6.09. The number of carbonyl (C=O) groups excluding carboxylic acids is 3. The first kappa shape index (κ1) is 23.2. The fourth-order valence-corrected chi connectivity index (χ4v) is 4.13. The van der Waals surface area contributed by atoms with Crippen molar-refractivity contribution in [2.45, 2.75) is 32.9 Å². The second-order valence-electron chi connectivity index (χ2n) is 8.60. The minimum Gasteiger partial charge on any atom is -0.340 e. The quantitative estimate of drug-likeness (QED) is 0.570. The highest BCUT2D eigenvalue weighted by Gasteiger charge is 2.49. The Morgan fingerprint density at radius 2 is 1.74 bits per heavy atom. The summed E-state index contributed by atoms with van der Waals surface area (Å²) >= 11 is 0. The van der Waals surface area contributed by atoms with Crippen LogP contribution in [0.1, 0.15) is 29.4 Å². The third-order valence-electron chi connectivity index (χ3n) is 6.25. The molecule has 3 aromatic rings. The lowest BCUT2D eigenvalue weighted by molar-refractivity contribution is -0.138. The maximum atomic E-state index is 13.3. The highest BCUT2D eigenvalue weighted by atomic mass is 19.1. The molecule has 1 fully saturated rings. The number of benzene rings is 2. The summed E-state index contributed by atoms with van der Waals surface area (Å²) in [5, 5.41) is 7.23. The van der Waals surface area contributed by atoms with E-state index in [0.717, 1.165) is 27.5 Å². The minimum atomic E-state index is -1.37. The number of aryl methyl sites for hydroxylation is 1. The predicted molar refractivity (Wildman–Crippen MR) is 124 cm³/mol. The van der Waals surface area contributed by atoms with Crippen LogP contribution in [0.5, 0.6) is 0 Å². The Morgan fingerprint density at radius 3 is 2.38 bits per heavy atom. The molecule has 0 saturated carbocycles. The van der Waals surface area contributed by atoms with Crippen molar-refractivity contribution in [1.29, 1.82) is 0 Å². The van der Waals surface area contributed by atoms with E-state index in [9.17, 15) is 18.8 Å². The van der Waals surface area contributed by atoms with Crippen molar-refractivity contribution in [3.8, 4) is 5.69 Å². The number of nitrogens with one attached hydrogen (secondary N) is 1. The van der Waals surface area contributed by atoms with E-state index in [0.29, 0.717) is 5.56 Å². The number of carbonyl (C=O) groups is 3. The first-order valence-corrected chi connectivity index (χ1v) is 10.9. The fraction of sp³-hybridized carbons (Fsp3) is 0.280. The molecule has 2 aromatic carbocycles. The van der Waals surface area contributed by atoms with Crippen LogP contribution in [0.15, 0.2) is 54.6 Å². The lowest BCUT2D eigenvalue weighted by atomic mass is 9.92. The number of nitrogens with zero attached hydrogens (tertiary/aromatic N) is 4. The molecular weight excluding hydrogens is 437 g/mol. The standard InChI is InChI=1S/C25H26FN5O3/c1-16-21(17(2)31(28-16)20-8-6-5-7-9-20)14-29(4)22(32)15-30-23(33)25(3,27-24(30)34)18-10-12-19(26)13-11-18/h5-13H,14-15H2,1-4H3,(H,27,34). The van der Waals surface area contributed by atoms with E-state index >= 15 is 0 Å². The number of halogens is 1. The molecule has 1 N–H and O–H groups in total. The summed E-state index contributed by atoms with van der Waals surface area (Å²) in [7, 11) is 1.62. The Hall–Kier alpha value is -4.01. The van der Waals surface area contributed by atoms with E-state index < -0.39 is 35.7 Å². The van der Waals surface area contributed by atoms with Crippen molar-refractivity contribution in [3.63, 3.8) is 0 Å². The second kappa shape index (κ2) is 8.74. The number of para-hydroxylation sites is 1. The van der Waals surface area contributed by atoms with Crippen molar-refractivity contribution >= 4 is 17.8 Å². The molecule has 0 spiro atoms. The Labute approximate surface area is 197 Å². The Bertz CT molecular complexity index is 1260. The average Bonchev–Trinajstić information content (AvgIpc) is 3.22. The molecular formula is C25H26FN5O3. The topological polar surface area (TPSA) is 87.5 Å². The zero-order chi connectivity index (χ0) is 24.6. The van der Waals surface area contributed by atoms with Crippen LogP contribution < -0.4 is 5.32 Å². The number of hydrogen-bond acceptors (Lipinski definition) is 4. The van der Waals surface area contributed by atoms with Crippen LogP contribution >= 0.6 is 0 Å². The zero-order valence-corrected chi connectivity index (χ0v) is 19.5. The van der Waals surface area contributed by atoms with Gasteiger partial charge < -0.3 is 10.2 Å². The van der Waals surface area contributed by atoms with Crippen LogP contribution in [0.25, 0.3) is 5.69 Å². The molecule has 1 unspecified atom stereocenters. The maximum absolute atomic E-state index is 13.3. The molecule has 1 aromatic heterocycles. The van der Waals surface area contributed by atoms with Crippen LogP contribution in [-0.2, 0) is 21.7 Å². The van der Waals surface area contributed by atoms with Crippen molar-refractivity contribution in [2.75, 3.05) is 13.6 Å². The molecule has 176 valence electrons. The number of rotatable bonds is 6. The normalized spacial score (nSPS) is 17.7. The summed E-state index contributed by atoms with van der Waals surface area (Å²) in [5.41, 5.74) is 2.58. The van der Waals surface area contributed by atoms with E-state index in [2.05, 4.69) is 10.4 Å². The van der Waals surface area contributed by atoms with E-state index in [4.69, 9.17) is 0 Å². The molecule has 8 nitrogen and oxygen atoms in total. The Kier molecular flexibility index (Phi) is 5.95. The van der Waals surface area contributed by atoms with Gasteiger partial charge in [0.15, 0.2) is 0 Å². The molecule has 1 aliphatic rings. The van der Waals surface area contributed by atoms with Crippen molar-refractivity contribution < 1.29 is 18.8 Å². The monoisotopic (exact) mass is 463 g/mol. The minimum absolute atomic E-state index is 0.280. The van der Waals surface area contributed by atoms with Gasteiger partial charge in [0.05, 0.1) is 11.4 Å². The summed E-state index contributed by atoms with van der Waals surface area (Å²) in [6, 6.07) is 14.4. The SMILES string of the molecule is Cc1nn(-c2ccccc2)c(C)c1CN(C)C(=O)CN1C(=O)NC(C)(c2ccc(F)cc2)C1=O. The Morgan fingerprint density at radius 1 is 1.09 bits per heavy atom. The second-order valence-corrected chi connectivity index (χ2v) is 8.60. The number of hydrogen-bond donors (Lipinski definition) is 1. The molecule has 0 aliphatic carbocycles. The van der Waals surface area contributed by atoms with Gasteiger partial charge in [-0.3, -0.25) is 14.5 Å². The average molecular weight is 464 g/mol. The van der Waals surface area contributed by atoms with Crippen molar-refractivity contribution in [3.05, 3.63) is 82.9 Å². The van der Waals surface area contributed by atoms with Gasteiger partial charge in [0.2, 0.25) is 5.91 Å². The first-order valence-electron chi connectivity index (χ1n) is 10.9. The van der Waals surface area contributed by atoms with Crippen molar-refractivity contribution in [2.24, 2.45) is 0 Å². The summed E-state index contributed by atoms with van der Waals surface area (Å²) < 4.78 is 15.1. The number of amides is 4. The van der Waals surface area contributed by atoms with Gasteiger partial charge in [-0.05, 0) is 50.6 Å². The summed E-state index contributed by atoms with van der Waals surface area (Å²) in [5.74, 6) is -1.40.